The second kappa shape index (κ2) is 6.34. The molecule has 0 atom stereocenters. The maximum Gasteiger partial charge on any atom is 0.334 e. The maximum absolute atomic E-state index is 10.9. The fraction of sp³-hybridized carbons (Fsp3) is 0.364. The van der Waals surface area contributed by atoms with Crippen molar-refractivity contribution in [3.63, 3.8) is 0 Å². The van der Waals surface area contributed by atoms with Crippen LogP contribution in [-0.4, -0.2) is 22.3 Å². The fourth-order valence-corrected chi connectivity index (χ4v) is 1.65. The van der Waals surface area contributed by atoms with E-state index >= 15 is 0 Å². The van der Waals surface area contributed by atoms with Gasteiger partial charge in [0.05, 0.1) is 12.0 Å². The van der Waals surface area contributed by atoms with Gasteiger partial charge in [-0.1, -0.05) is 28.1 Å². The van der Waals surface area contributed by atoms with Crippen molar-refractivity contribution in [3.05, 3.63) is 33.5 Å². The molecule has 0 radical (unpaired) electrons. The van der Waals surface area contributed by atoms with Gasteiger partial charge in [-0.25, -0.2) is 4.98 Å². The summed E-state index contributed by atoms with van der Waals surface area (Å²) < 4.78 is 4.88. The Morgan fingerprint density at radius 3 is 2.88 bits per heavy atom. The molecule has 1 rings (SSSR count). The number of nitrogens with zero attached hydrogens (tertiary/aromatic N) is 2. The number of methoxy groups -OCH3 is 1. The summed E-state index contributed by atoms with van der Waals surface area (Å²) in [4.78, 5) is 14.4. The molecule has 1 aromatic rings. The number of hydrogen-bond acceptors (Lipinski definition) is 4. The zero-order valence-electron chi connectivity index (χ0n) is 9.64. The zero-order valence-corrected chi connectivity index (χ0v) is 11.2. The summed E-state index contributed by atoms with van der Waals surface area (Å²) in [6, 6.07) is 0. The standard InChI is InChI=1S/C11H13BrN2O3/c1-8-9(5-3-4-6-12)7-13-11(17-2)10(8)14(15)16/h3,5,7H,4,6H2,1-2H3. The minimum Gasteiger partial charge on any atom is -0.476 e. The predicted octanol–water partition coefficient (Wildman–Crippen LogP) is 3.11. The summed E-state index contributed by atoms with van der Waals surface area (Å²) in [6.45, 7) is 1.69. The van der Waals surface area contributed by atoms with Gasteiger partial charge in [-0.3, -0.25) is 10.1 Å². The third kappa shape index (κ3) is 3.26. The van der Waals surface area contributed by atoms with Crippen LogP contribution in [0.1, 0.15) is 17.5 Å². The third-order valence-electron chi connectivity index (χ3n) is 2.26. The largest absolute Gasteiger partial charge is 0.476 e. The average molecular weight is 301 g/mol. The average Bonchev–Trinajstić information content (AvgIpc) is 2.30. The second-order valence-electron chi connectivity index (χ2n) is 3.33. The summed E-state index contributed by atoms with van der Waals surface area (Å²) in [7, 11) is 1.37. The molecule has 0 aliphatic rings. The lowest BCUT2D eigenvalue weighted by Gasteiger charge is -2.05. The van der Waals surface area contributed by atoms with Crippen molar-refractivity contribution in [2.24, 2.45) is 0 Å². The van der Waals surface area contributed by atoms with Crippen molar-refractivity contribution >= 4 is 27.7 Å². The van der Waals surface area contributed by atoms with Gasteiger partial charge < -0.3 is 4.74 Å². The molecule has 0 aliphatic heterocycles. The molecule has 5 nitrogen and oxygen atoms in total. The van der Waals surface area contributed by atoms with E-state index in [4.69, 9.17) is 4.74 Å². The van der Waals surface area contributed by atoms with Crippen LogP contribution >= 0.6 is 15.9 Å². The lowest BCUT2D eigenvalue weighted by molar-refractivity contribution is -0.386. The maximum atomic E-state index is 10.9. The molecule has 6 heteroatoms. The molecular weight excluding hydrogens is 288 g/mol. The van der Waals surface area contributed by atoms with Gasteiger partial charge in [0.15, 0.2) is 0 Å². The van der Waals surface area contributed by atoms with Gasteiger partial charge >= 0.3 is 5.69 Å². The predicted molar refractivity (Wildman–Crippen MR) is 69.6 cm³/mol. The van der Waals surface area contributed by atoms with Crippen LogP contribution in [0.25, 0.3) is 6.08 Å². The van der Waals surface area contributed by atoms with Crippen molar-refractivity contribution < 1.29 is 9.66 Å². The number of nitro groups is 1. The molecule has 17 heavy (non-hydrogen) atoms. The van der Waals surface area contributed by atoms with Gasteiger partial charge in [-0.2, -0.15) is 0 Å². The van der Waals surface area contributed by atoms with E-state index < -0.39 is 4.92 Å². The minimum atomic E-state index is -0.469. The molecule has 0 aromatic carbocycles. The normalized spacial score (nSPS) is 10.8. The molecule has 0 amide bonds. The quantitative estimate of drug-likeness (QED) is 0.476. The Balaban J connectivity index is 3.18. The van der Waals surface area contributed by atoms with Crippen molar-refractivity contribution in [2.45, 2.75) is 13.3 Å². The summed E-state index contributed by atoms with van der Waals surface area (Å²) in [5.74, 6) is 0.0464. The summed E-state index contributed by atoms with van der Waals surface area (Å²) in [6.07, 6.45) is 6.20. The number of ether oxygens (including phenoxy) is 1. The van der Waals surface area contributed by atoms with Gasteiger partial charge in [0, 0.05) is 22.7 Å². The second-order valence-corrected chi connectivity index (χ2v) is 4.13. The Morgan fingerprint density at radius 1 is 1.65 bits per heavy atom. The molecule has 0 aliphatic carbocycles. The van der Waals surface area contributed by atoms with Crippen LogP contribution in [0, 0.1) is 17.0 Å². The van der Waals surface area contributed by atoms with Crippen molar-refractivity contribution in [1.29, 1.82) is 0 Å². The lowest BCUT2D eigenvalue weighted by Crippen LogP contribution is -2.00. The molecule has 0 N–H and O–H groups in total. The Kier molecular flexibility index (Phi) is 5.09. The molecular formula is C11H13BrN2O3. The smallest absolute Gasteiger partial charge is 0.334 e. The van der Waals surface area contributed by atoms with E-state index in [1.165, 1.54) is 7.11 Å². The van der Waals surface area contributed by atoms with Crippen LogP contribution in [-0.2, 0) is 0 Å². The number of alkyl halides is 1. The van der Waals surface area contributed by atoms with Crippen LogP contribution in [0.3, 0.4) is 0 Å². The molecule has 0 unspecified atom stereocenters. The number of aromatic nitrogens is 1. The van der Waals surface area contributed by atoms with Crippen LogP contribution < -0.4 is 4.74 Å². The molecule has 0 fully saturated rings. The minimum absolute atomic E-state index is 0.0464. The van der Waals surface area contributed by atoms with E-state index in [1.54, 1.807) is 13.1 Å². The summed E-state index contributed by atoms with van der Waals surface area (Å²) in [5.41, 5.74) is 1.22. The van der Waals surface area contributed by atoms with Crippen LogP contribution in [0.2, 0.25) is 0 Å². The van der Waals surface area contributed by atoms with E-state index in [2.05, 4.69) is 20.9 Å². The molecule has 92 valence electrons. The summed E-state index contributed by atoms with van der Waals surface area (Å²) >= 11 is 3.31. The highest BCUT2D eigenvalue weighted by atomic mass is 79.9. The molecule has 0 saturated carbocycles. The number of halogens is 1. The monoisotopic (exact) mass is 300 g/mol. The van der Waals surface area contributed by atoms with Gasteiger partial charge in [0.2, 0.25) is 0 Å². The molecule has 0 bridgehead atoms. The van der Waals surface area contributed by atoms with E-state index in [9.17, 15) is 10.1 Å². The molecule has 0 spiro atoms. The summed E-state index contributed by atoms with van der Waals surface area (Å²) in [5, 5.41) is 11.8. The molecule has 1 heterocycles. The van der Waals surface area contributed by atoms with Crippen LogP contribution in [0.15, 0.2) is 12.3 Å². The number of rotatable bonds is 5. The van der Waals surface area contributed by atoms with Crippen LogP contribution in [0.4, 0.5) is 5.69 Å². The Morgan fingerprint density at radius 2 is 2.35 bits per heavy atom. The highest BCUT2D eigenvalue weighted by molar-refractivity contribution is 9.09. The highest BCUT2D eigenvalue weighted by Gasteiger charge is 2.21. The first-order chi connectivity index (χ1) is 8.11. The van der Waals surface area contributed by atoms with Gasteiger partial charge in [-0.15, -0.1) is 0 Å². The van der Waals surface area contributed by atoms with E-state index in [0.717, 1.165) is 17.3 Å². The first-order valence-corrected chi connectivity index (χ1v) is 6.14. The van der Waals surface area contributed by atoms with Crippen LogP contribution in [0.5, 0.6) is 5.88 Å². The van der Waals surface area contributed by atoms with E-state index in [0.29, 0.717) is 5.56 Å². The zero-order chi connectivity index (χ0) is 12.8. The van der Waals surface area contributed by atoms with Gasteiger partial charge in [-0.05, 0) is 13.3 Å². The Bertz CT molecular complexity index is 447. The topological polar surface area (TPSA) is 65.3 Å². The van der Waals surface area contributed by atoms with Gasteiger partial charge in [0.25, 0.3) is 5.88 Å². The third-order valence-corrected chi connectivity index (χ3v) is 2.72. The Hall–Kier alpha value is -1.43. The van der Waals surface area contributed by atoms with Crippen molar-refractivity contribution in [1.82, 2.24) is 4.98 Å². The molecule has 0 saturated heterocycles. The first kappa shape index (κ1) is 13.6. The van der Waals surface area contributed by atoms with E-state index in [1.807, 2.05) is 12.2 Å². The lowest BCUT2D eigenvalue weighted by atomic mass is 10.1. The first-order valence-electron chi connectivity index (χ1n) is 5.02. The highest BCUT2D eigenvalue weighted by Crippen LogP contribution is 2.30. The number of pyridine rings is 1. The fourth-order valence-electron chi connectivity index (χ4n) is 1.39. The van der Waals surface area contributed by atoms with Crippen molar-refractivity contribution in [3.8, 4) is 5.88 Å². The van der Waals surface area contributed by atoms with Gasteiger partial charge in [0.1, 0.15) is 0 Å². The SMILES string of the molecule is COc1ncc(C=CCCBr)c(C)c1[N+](=O)[O-]. The van der Waals surface area contributed by atoms with Crippen molar-refractivity contribution in [2.75, 3.05) is 12.4 Å². The Labute approximate surface area is 108 Å². The number of allylic oxidation sites excluding steroid dienone is 1. The number of hydrogen-bond donors (Lipinski definition) is 0. The van der Waals surface area contributed by atoms with E-state index in [-0.39, 0.29) is 11.6 Å². The molecule has 1 aromatic heterocycles.